The molecule has 3 rings (SSSR count). The SMILES string of the molecule is Cc1cc(NC(=O)c2cc(NCc3ccncc3)ncn2)no1. The molecule has 3 aromatic rings. The Hall–Kier alpha value is -3.29. The molecule has 0 fully saturated rings. The van der Waals surface area contributed by atoms with Crippen LogP contribution in [-0.2, 0) is 6.54 Å². The van der Waals surface area contributed by atoms with Crippen molar-refractivity contribution in [3.05, 3.63) is 60.0 Å². The second kappa shape index (κ2) is 6.65. The second-order valence-electron chi connectivity index (χ2n) is 4.77. The number of nitrogens with zero attached hydrogens (tertiary/aromatic N) is 4. The molecule has 8 nitrogen and oxygen atoms in total. The molecule has 3 aromatic heterocycles. The Kier molecular flexibility index (Phi) is 4.23. The minimum atomic E-state index is -0.382. The van der Waals surface area contributed by atoms with Crippen LogP contribution in [0.3, 0.4) is 0 Å². The van der Waals surface area contributed by atoms with Crippen molar-refractivity contribution in [3.63, 3.8) is 0 Å². The van der Waals surface area contributed by atoms with Gasteiger partial charge in [-0.3, -0.25) is 9.78 Å². The van der Waals surface area contributed by atoms with Gasteiger partial charge in [0.2, 0.25) is 0 Å². The van der Waals surface area contributed by atoms with E-state index in [1.54, 1.807) is 31.5 Å². The van der Waals surface area contributed by atoms with E-state index in [2.05, 4.69) is 30.7 Å². The van der Waals surface area contributed by atoms with Crippen LogP contribution in [0.5, 0.6) is 0 Å². The molecule has 23 heavy (non-hydrogen) atoms. The summed E-state index contributed by atoms with van der Waals surface area (Å²) in [6.45, 7) is 2.32. The molecule has 116 valence electrons. The topological polar surface area (TPSA) is 106 Å². The fraction of sp³-hybridized carbons (Fsp3) is 0.133. The average Bonchev–Trinajstić information content (AvgIpc) is 2.99. The lowest BCUT2D eigenvalue weighted by Gasteiger charge is -2.06. The maximum Gasteiger partial charge on any atom is 0.275 e. The van der Waals surface area contributed by atoms with Crippen LogP contribution in [0.15, 0.2) is 47.5 Å². The third-order valence-electron chi connectivity index (χ3n) is 2.99. The summed E-state index contributed by atoms with van der Waals surface area (Å²) < 4.78 is 4.90. The molecule has 0 aliphatic heterocycles. The van der Waals surface area contributed by atoms with E-state index in [0.29, 0.717) is 23.9 Å². The van der Waals surface area contributed by atoms with Gasteiger partial charge in [-0.1, -0.05) is 5.16 Å². The number of aryl methyl sites for hydroxylation is 1. The first-order valence-corrected chi connectivity index (χ1v) is 6.90. The van der Waals surface area contributed by atoms with Gasteiger partial charge in [0.05, 0.1) is 0 Å². The number of rotatable bonds is 5. The van der Waals surface area contributed by atoms with Gasteiger partial charge >= 0.3 is 0 Å². The quantitative estimate of drug-likeness (QED) is 0.742. The molecule has 0 atom stereocenters. The number of hydrogen-bond donors (Lipinski definition) is 2. The summed E-state index contributed by atoms with van der Waals surface area (Å²) >= 11 is 0. The van der Waals surface area contributed by atoms with Gasteiger partial charge in [-0.2, -0.15) is 0 Å². The number of hydrogen-bond acceptors (Lipinski definition) is 7. The van der Waals surface area contributed by atoms with Crippen molar-refractivity contribution in [2.45, 2.75) is 13.5 Å². The second-order valence-corrected chi connectivity index (χ2v) is 4.77. The number of carbonyl (C=O) groups excluding carboxylic acids is 1. The monoisotopic (exact) mass is 310 g/mol. The van der Waals surface area contributed by atoms with Crippen molar-refractivity contribution in [1.82, 2.24) is 20.1 Å². The zero-order chi connectivity index (χ0) is 16.1. The van der Waals surface area contributed by atoms with E-state index < -0.39 is 0 Å². The minimum Gasteiger partial charge on any atom is -0.366 e. The van der Waals surface area contributed by atoms with Crippen molar-refractivity contribution >= 4 is 17.5 Å². The van der Waals surface area contributed by atoms with E-state index >= 15 is 0 Å². The van der Waals surface area contributed by atoms with E-state index in [1.165, 1.54) is 6.33 Å². The van der Waals surface area contributed by atoms with Crippen molar-refractivity contribution in [2.24, 2.45) is 0 Å². The molecule has 8 heteroatoms. The van der Waals surface area contributed by atoms with Crippen LogP contribution in [-0.4, -0.2) is 26.0 Å². The molecular formula is C15H14N6O2. The van der Waals surface area contributed by atoms with Gasteiger partial charge in [-0.25, -0.2) is 9.97 Å². The van der Waals surface area contributed by atoms with Gasteiger partial charge in [0, 0.05) is 31.1 Å². The van der Waals surface area contributed by atoms with Crippen LogP contribution >= 0.6 is 0 Å². The van der Waals surface area contributed by atoms with E-state index in [1.807, 2.05) is 12.1 Å². The largest absolute Gasteiger partial charge is 0.366 e. The highest BCUT2D eigenvalue weighted by Crippen LogP contribution is 2.11. The van der Waals surface area contributed by atoms with Gasteiger partial charge in [-0.15, -0.1) is 0 Å². The molecule has 0 spiro atoms. The molecule has 1 amide bonds. The predicted molar refractivity (Wildman–Crippen MR) is 82.8 cm³/mol. The van der Waals surface area contributed by atoms with Gasteiger partial charge in [0.25, 0.3) is 5.91 Å². The van der Waals surface area contributed by atoms with Crippen molar-refractivity contribution in [3.8, 4) is 0 Å². The summed E-state index contributed by atoms with van der Waals surface area (Å²) in [4.78, 5) is 24.2. The lowest BCUT2D eigenvalue weighted by molar-refractivity contribution is 0.102. The molecule has 0 saturated carbocycles. The summed E-state index contributed by atoms with van der Waals surface area (Å²) in [5, 5.41) is 9.45. The van der Waals surface area contributed by atoms with Gasteiger partial charge in [0.15, 0.2) is 5.82 Å². The smallest absolute Gasteiger partial charge is 0.275 e. The van der Waals surface area contributed by atoms with E-state index in [9.17, 15) is 4.79 Å². The van der Waals surface area contributed by atoms with E-state index in [0.717, 1.165) is 5.56 Å². The Morgan fingerprint density at radius 2 is 2.00 bits per heavy atom. The van der Waals surface area contributed by atoms with Crippen LogP contribution in [0, 0.1) is 6.92 Å². The Bertz CT molecular complexity index is 802. The zero-order valence-corrected chi connectivity index (χ0v) is 12.4. The predicted octanol–water partition coefficient (Wildman–Crippen LogP) is 2.03. The van der Waals surface area contributed by atoms with Crippen LogP contribution < -0.4 is 10.6 Å². The Balaban J connectivity index is 1.65. The highest BCUT2D eigenvalue weighted by molar-refractivity contribution is 6.02. The lowest BCUT2D eigenvalue weighted by atomic mass is 10.2. The highest BCUT2D eigenvalue weighted by Gasteiger charge is 2.11. The van der Waals surface area contributed by atoms with Gasteiger partial charge in [0.1, 0.15) is 23.6 Å². The van der Waals surface area contributed by atoms with Gasteiger partial charge in [-0.05, 0) is 24.6 Å². The summed E-state index contributed by atoms with van der Waals surface area (Å²) in [5.41, 5.74) is 1.29. The van der Waals surface area contributed by atoms with Crippen molar-refractivity contribution in [2.75, 3.05) is 10.6 Å². The molecule has 0 saturated heterocycles. The average molecular weight is 310 g/mol. The first-order valence-electron chi connectivity index (χ1n) is 6.90. The molecule has 0 bridgehead atoms. The number of nitrogens with one attached hydrogen (secondary N) is 2. The first kappa shape index (κ1) is 14.6. The molecule has 0 aromatic carbocycles. The number of anilines is 2. The van der Waals surface area contributed by atoms with Crippen LogP contribution in [0.1, 0.15) is 21.8 Å². The fourth-order valence-electron chi connectivity index (χ4n) is 1.88. The summed E-state index contributed by atoms with van der Waals surface area (Å²) in [7, 11) is 0. The first-order chi connectivity index (χ1) is 11.2. The number of aromatic nitrogens is 4. The molecule has 0 radical (unpaired) electrons. The third-order valence-corrected chi connectivity index (χ3v) is 2.99. The molecule has 0 aliphatic rings. The standard InChI is InChI=1S/C15H14N6O2/c1-10-6-14(21-23-10)20-15(22)12-7-13(19-9-18-12)17-8-11-2-4-16-5-3-11/h2-7,9H,8H2,1H3,(H,17,18,19)(H,20,21,22). The highest BCUT2D eigenvalue weighted by atomic mass is 16.5. The normalized spacial score (nSPS) is 10.3. The minimum absolute atomic E-state index is 0.234. The number of pyridine rings is 1. The number of carbonyl (C=O) groups is 1. The molecule has 2 N–H and O–H groups in total. The van der Waals surface area contributed by atoms with Crippen LogP contribution in [0.25, 0.3) is 0 Å². The third kappa shape index (κ3) is 3.88. The summed E-state index contributed by atoms with van der Waals surface area (Å²) in [6.07, 6.45) is 4.77. The summed E-state index contributed by atoms with van der Waals surface area (Å²) in [5.74, 6) is 1.13. The molecular weight excluding hydrogens is 296 g/mol. The van der Waals surface area contributed by atoms with Crippen molar-refractivity contribution < 1.29 is 9.32 Å². The maximum absolute atomic E-state index is 12.1. The molecule has 3 heterocycles. The van der Waals surface area contributed by atoms with E-state index in [4.69, 9.17) is 4.52 Å². The zero-order valence-electron chi connectivity index (χ0n) is 12.4. The lowest BCUT2D eigenvalue weighted by Crippen LogP contribution is -2.15. The van der Waals surface area contributed by atoms with Gasteiger partial charge < -0.3 is 15.2 Å². The maximum atomic E-state index is 12.1. The fourth-order valence-corrected chi connectivity index (χ4v) is 1.88. The van der Waals surface area contributed by atoms with Crippen LogP contribution in [0.2, 0.25) is 0 Å². The Labute approximate surface area is 132 Å². The van der Waals surface area contributed by atoms with E-state index in [-0.39, 0.29) is 11.6 Å². The molecule has 0 aliphatic carbocycles. The molecule has 0 unspecified atom stereocenters. The number of amides is 1. The summed E-state index contributed by atoms with van der Waals surface area (Å²) in [6, 6.07) is 6.99. The Morgan fingerprint density at radius 3 is 2.74 bits per heavy atom. The van der Waals surface area contributed by atoms with Crippen molar-refractivity contribution in [1.29, 1.82) is 0 Å². The van der Waals surface area contributed by atoms with Crippen LogP contribution in [0.4, 0.5) is 11.6 Å². The Morgan fingerprint density at radius 1 is 1.17 bits per heavy atom.